The topological polar surface area (TPSA) is 74.2 Å². The zero-order valence-corrected chi connectivity index (χ0v) is 17.7. The van der Waals surface area contributed by atoms with Crippen LogP contribution in [0.1, 0.15) is 15.4 Å². The number of aryl methyl sites for hydroxylation is 1. The number of hydrogen-bond donors (Lipinski definition) is 1. The van der Waals surface area contributed by atoms with Gasteiger partial charge in [-0.1, -0.05) is 6.07 Å². The van der Waals surface area contributed by atoms with Gasteiger partial charge in [-0.05, 0) is 53.2 Å². The van der Waals surface area contributed by atoms with E-state index in [-0.39, 0.29) is 5.91 Å². The van der Waals surface area contributed by atoms with Crippen LogP contribution in [0.2, 0.25) is 0 Å². The molecule has 0 bridgehead atoms. The van der Waals surface area contributed by atoms with Gasteiger partial charge in [-0.3, -0.25) is 4.79 Å². The zero-order valence-electron chi connectivity index (χ0n) is 15.3. The van der Waals surface area contributed by atoms with E-state index in [2.05, 4.69) is 41.3 Å². The molecule has 4 heterocycles. The van der Waals surface area contributed by atoms with Gasteiger partial charge in [0.25, 0.3) is 5.91 Å². The summed E-state index contributed by atoms with van der Waals surface area (Å²) in [6.45, 7) is 4.76. The van der Waals surface area contributed by atoms with Gasteiger partial charge in [0.2, 0.25) is 0 Å². The molecule has 9 heteroatoms. The van der Waals surface area contributed by atoms with Crippen molar-refractivity contribution in [2.75, 3.05) is 36.4 Å². The summed E-state index contributed by atoms with van der Waals surface area (Å²) in [6.07, 6.45) is 0. The second kappa shape index (κ2) is 8.24. The van der Waals surface area contributed by atoms with E-state index in [0.29, 0.717) is 18.9 Å². The van der Waals surface area contributed by atoms with Crippen molar-refractivity contribution in [3.63, 3.8) is 0 Å². The van der Waals surface area contributed by atoms with Gasteiger partial charge in [-0.25, -0.2) is 4.98 Å². The predicted molar refractivity (Wildman–Crippen MR) is 114 cm³/mol. The molecule has 0 aromatic carbocycles. The van der Waals surface area contributed by atoms with Crippen LogP contribution in [0.4, 0.5) is 17.5 Å². The molecular formula is C19H19BrN6OS. The van der Waals surface area contributed by atoms with E-state index >= 15 is 0 Å². The van der Waals surface area contributed by atoms with Crippen molar-refractivity contribution in [1.29, 1.82) is 0 Å². The summed E-state index contributed by atoms with van der Waals surface area (Å²) in [5.74, 6) is 2.30. The fourth-order valence-electron chi connectivity index (χ4n) is 3.02. The Kier molecular flexibility index (Phi) is 5.54. The van der Waals surface area contributed by atoms with Gasteiger partial charge in [0, 0.05) is 41.7 Å². The second-order valence-electron chi connectivity index (χ2n) is 6.47. The molecule has 1 aliphatic rings. The number of amides is 1. The SMILES string of the molecule is Cc1cccc(Nc2ccc(N3CCN(C(=O)c4cc(Br)cs4)CC3)nn2)n1. The average molecular weight is 459 g/mol. The molecule has 1 saturated heterocycles. The monoisotopic (exact) mass is 458 g/mol. The summed E-state index contributed by atoms with van der Waals surface area (Å²) < 4.78 is 0.948. The minimum Gasteiger partial charge on any atom is -0.352 e. The Morgan fingerprint density at radius 1 is 1.11 bits per heavy atom. The lowest BCUT2D eigenvalue weighted by Gasteiger charge is -2.35. The maximum absolute atomic E-state index is 12.6. The normalized spacial score (nSPS) is 14.2. The number of carbonyl (C=O) groups is 1. The lowest BCUT2D eigenvalue weighted by Crippen LogP contribution is -2.49. The Morgan fingerprint density at radius 3 is 2.57 bits per heavy atom. The van der Waals surface area contributed by atoms with Gasteiger partial charge in [-0.2, -0.15) is 0 Å². The van der Waals surface area contributed by atoms with E-state index in [1.165, 1.54) is 11.3 Å². The van der Waals surface area contributed by atoms with Crippen LogP contribution in [0.25, 0.3) is 0 Å². The predicted octanol–water partition coefficient (Wildman–Crippen LogP) is 3.71. The number of aromatic nitrogens is 3. The lowest BCUT2D eigenvalue weighted by molar-refractivity contribution is 0.0751. The molecule has 0 spiro atoms. The molecule has 1 amide bonds. The Balaban J connectivity index is 1.35. The van der Waals surface area contributed by atoms with Gasteiger partial charge >= 0.3 is 0 Å². The molecule has 7 nitrogen and oxygen atoms in total. The molecule has 0 aliphatic carbocycles. The second-order valence-corrected chi connectivity index (χ2v) is 8.30. The van der Waals surface area contributed by atoms with Crippen molar-refractivity contribution in [1.82, 2.24) is 20.1 Å². The van der Waals surface area contributed by atoms with Crippen molar-refractivity contribution in [2.24, 2.45) is 0 Å². The van der Waals surface area contributed by atoms with Crippen molar-refractivity contribution < 1.29 is 4.79 Å². The number of rotatable bonds is 4. The Hall–Kier alpha value is -2.52. The van der Waals surface area contributed by atoms with Crippen LogP contribution in [-0.4, -0.2) is 52.2 Å². The highest BCUT2D eigenvalue weighted by Crippen LogP contribution is 2.22. The first-order chi connectivity index (χ1) is 13.6. The third kappa shape index (κ3) is 4.31. The van der Waals surface area contributed by atoms with Gasteiger partial charge in [0.15, 0.2) is 11.6 Å². The molecule has 3 aromatic rings. The van der Waals surface area contributed by atoms with Gasteiger partial charge in [-0.15, -0.1) is 21.5 Å². The number of pyridine rings is 1. The first-order valence-corrected chi connectivity index (χ1v) is 10.6. The van der Waals surface area contributed by atoms with Crippen LogP contribution in [-0.2, 0) is 0 Å². The maximum Gasteiger partial charge on any atom is 0.264 e. The number of halogens is 1. The van der Waals surface area contributed by atoms with E-state index in [1.54, 1.807) is 0 Å². The molecule has 4 rings (SSSR count). The van der Waals surface area contributed by atoms with Gasteiger partial charge < -0.3 is 15.1 Å². The number of carbonyl (C=O) groups excluding carboxylic acids is 1. The average Bonchev–Trinajstić information content (AvgIpc) is 3.15. The molecular weight excluding hydrogens is 440 g/mol. The molecule has 1 N–H and O–H groups in total. The summed E-state index contributed by atoms with van der Waals surface area (Å²) in [5, 5.41) is 13.7. The fourth-order valence-corrected chi connectivity index (χ4v) is 4.42. The Labute approximate surface area is 175 Å². The number of thiophene rings is 1. The third-order valence-corrected chi connectivity index (χ3v) is 6.14. The number of nitrogens with zero attached hydrogens (tertiary/aromatic N) is 5. The molecule has 0 atom stereocenters. The number of nitrogens with one attached hydrogen (secondary N) is 1. The number of piperazine rings is 1. The first-order valence-electron chi connectivity index (χ1n) is 8.91. The third-order valence-electron chi connectivity index (χ3n) is 4.46. The van der Waals surface area contributed by atoms with E-state index in [1.807, 2.05) is 53.6 Å². The minimum absolute atomic E-state index is 0.0895. The van der Waals surface area contributed by atoms with Crippen LogP contribution < -0.4 is 10.2 Å². The molecule has 3 aromatic heterocycles. The number of anilines is 3. The van der Waals surface area contributed by atoms with E-state index in [0.717, 1.165) is 39.8 Å². The maximum atomic E-state index is 12.6. The first kappa shape index (κ1) is 18.8. The highest BCUT2D eigenvalue weighted by molar-refractivity contribution is 9.10. The van der Waals surface area contributed by atoms with Crippen LogP contribution in [0.15, 0.2) is 46.3 Å². The van der Waals surface area contributed by atoms with Crippen molar-refractivity contribution in [2.45, 2.75) is 6.92 Å². The highest BCUT2D eigenvalue weighted by Gasteiger charge is 2.24. The van der Waals surface area contributed by atoms with Crippen LogP contribution in [0, 0.1) is 6.92 Å². The van der Waals surface area contributed by atoms with Gasteiger partial charge in [0.1, 0.15) is 5.82 Å². The molecule has 0 saturated carbocycles. The number of hydrogen-bond acceptors (Lipinski definition) is 7. The van der Waals surface area contributed by atoms with Crippen molar-refractivity contribution in [3.05, 3.63) is 56.8 Å². The molecule has 28 heavy (non-hydrogen) atoms. The van der Waals surface area contributed by atoms with E-state index < -0.39 is 0 Å². The molecule has 0 unspecified atom stereocenters. The lowest BCUT2D eigenvalue weighted by atomic mass is 10.3. The summed E-state index contributed by atoms with van der Waals surface area (Å²) in [5.41, 5.74) is 0.942. The quantitative estimate of drug-likeness (QED) is 0.642. The highest BCUT2D eigenvalue weighted by atomic mass is 79.9. The van der Waals surface area contributed by atoms with Crippen molar-refractivity contribution >= 4 is 50.6 Å². The fraction of sp³-hybridized carbons (Fsp3) is 0.263. The molecule has 144 valence electrons. The summed E-state index contributed by atoms with van der Waals surface area (Å²) in [7, 11) is 0. The van der Waals surface area contributed by atoms with Crippen LogP contribution in [0.5, 0.6) is 0 Å². The van der Waals surface area contributed by atoms with E-state index in [9.17, 15) is 4.79 Å². The van der Waals surface area contributed by atoms with Crippen molar-refractivity contribution in [3.8, 4) is 0 Å². The summed E-state index contributed by atoms with van der Waals surface area (Å²) in [6, 6.07) is 11.5. The standard InChI is InChI=1S/C19H19BrN6OS/c1-13-3-2-4-16(21-13)22-17-5-6-18(24-23-17)25-7-9-26(10-8-25)19(27)15-11-14(20)12-28-15/h2-6,11-12H,7-10H2,1H3,(H,21,22,23). The van der Waals surface area contributed by atoms with Crippen LogP contribution in [0.3, 0.4) is 0 Å². The molecule has 0 radical (unpaired) electrons. The Bertz CT molecular complexity index is 969. The summed E-state index contributed by atoms with van der Waals surface area (Å²) >= 11 is 4.87. The van der Waals surface area contributed by atoms with E-state index in [4.69, 9.17) is 0 Å². The smallest absolute Gasteiger partial charge is 0.264 e. The molecule has 1 aliphatic heterocycles. The zero-order chi connectivity index (χ0) is 19.5. The Morgan fingerprint density at radius 2 is 1.93 bits per heavy atom. The van der Waals surface area contributed by atoms with Crippen LogP contribution >= 0.6 is 27.3 Å². The largest absolute Gasteiger partial charge is 0.352 e. The minimum atomic E-state index is 0.0895. The van der Waals surface area contributed by atoms with Gasteiger partial charge in [0.05, 0.1) is 4.88 Å². The summed E-state index contributed by atoms with van der Waals surface area (Å²) in [4.78, 5) is 21.8. The molecule has 1 fully saturated rings.